The first-order valence-electron chi connectivity index (χ1n) is 44.8. The number of oxazole rings is 4. The van der Waals surface area contributed by atoms with Gasteiger partial charge in [-0.15, -0.1) is 110 Å². The number of rotatable bonds is 0. The molecule has 1 aliphatic rings. The van der Waals surface area contributed by atoms with Gasteiger partial charge < -0.3 is 35.5 Å². The van der Waals surface area contributed by atoms with Gasteiger partial charge >= 0.3 is 0 Å². The van der Waals surface area contributed by atoms with E-state index in [1.54, 1.807) is 137 Å². The minimum atomic E-state index is 0.0694. The molecule has 0 radical (unpaired) electrons. The molecule has 1 atom stereocenters. The van der Waals surface area contributed by atoms with E-state index in [4.69, 9.17) is 26.5 Å². The molecule has 0 aliphatic carbocycles. The molecule has 0 N–H and O–H groups in total. The highest BCUT2D eigenvalue weighted by Gasteiger charge is 2.03. The molecule has 17 aromatic heterocycles. The van der Waals surface area contributed by atoms with Crippen molar-refractivity contribution in [1.29, 1.82) is 0 Å². The number of furan rings is 1. The lowest BCUT2D eigenvalue weighted by atomic mass is 10.2. The second kappa shape index (κ2) is 73.8. The van der Waals surface area contributed by atoms with E-state index in [1.165, 1.54) is 64.1 Å². The van der Waals surface area contributed by atoms with Crippen LogP contribution in [0.2, 0.25) is 0 Å². The summed E-state index contributed by atoms with van der Waals surface area (Å²) in [5, 5.41) is 53.1. The average molecular weight is 2120 g/mol. The van der Waals surface area contributed by atoms with Crippen molar-refractivity contribution in [3.05, 3.63) is 325 Å². The van der Waals surface area contributed by atoms with Crippen molar-refractivity contribution in [2.45, 2.75) is 276 Å². The van der Waals surface area contributed by atoms with Gasteiger partial charge in [0.15, 0.2) is 47.2 Å². The van der Waals surface area contributed by atoms with E-state index < -0.39 is 0 Å². The maximum absolute atomic E-state index is 5.08. The van der Waals surface area contributed by atoms with E-state index in [0.717, 1.165) is 132 Å². The maximum atomic E-state index is 5.08. The summed E-state index contributed by atoms with van der Waals surface area (Å²) in [5.74, 6) is 19.6. The van der Waals surface area contributed by atoms with Crippen LogP contribution < -0.4 is 0 Å². The van der Waals surface area contributed by atoms with E-state index in [0.29, 0.717) is 41.0 Å². The minimum Gasteiger partial charge on any atom is -0.467 e. The van der Waals surface area contributed by atoms with Gasteiger partial charge in [-0.05, 0) is 279 Å². The Labute approximate surface area is 880 Å². The van der Waals surface area contributed by atoms with Crippen LogP contribution in [-0.2, 0) is 7.05 Å². The van der Waals surface area contributed by atoms with Crippen LogP contribution in [0.5, 0.6) is 0 Å². The number of aromatic nitrogens is 24. The summed E-state index contributed by atoms with van der Waals surface area (Å²) in [4.78, 5) is 58.4. The molecule has 2 aromatic carbocycles. The number of hydrogen-bond acceptors (Lipinski definition) is 42. The molecule has 18 heterocycles. The summed E-state index contributed by atoms with van der Waals surface area (Å²) < 4.78 is 46.7. The molecule has 0 saturated carbocycles. The van der Waals surface area contributed by atoms with Crippen LogP contribution in [0.4, 0.5) is 0 Å². The van der Waals surface area contributed by atoms with Crippen molar-refractivity contribution in [3.8, 4) is 11.8 Å². The van der Waals surface area contributed by atoms with Crippen molar-refractivity contribution >= 4 is 96.9 Å². The van der Waals surface area contributed by atoms with Gasteiger partial charge in [0.2, 0.25) is 23.6 Å². The molecule has 144 heavy (non-hydrogen) atoms. The van der Waals surface area contributed by atoms with Crippen LogP contribution in [0.3, 0.4) is 0 Å². The van der Waals surface area contributed by atoms with Crippen molar-refractivity contribution in [2.24, 2.45) is 22.3 Å². The molecule has 43 heteroatoms. The normalized spacial score (nSPS) is 10.2. The van der Waals surface area contributed by atoms with Gasteiger partial charge in [-0.25, -0.2) is 54.8 Å². The van der Waals surface area contributed by atoms with Crippen molar-refractivity contribution in [1.82, 2.24) is 119 Å². The zero-order valence-electron chi connectivity index (χ0n) is 90.7. The number of aryl methyl sites for hydroxylation is 37. The molecule has 776 valence electrons. The van der Waals surface area contributed by atoms with Crippen molar-refractivity contribution in [3.63, 3.8) is 0 Å². The number of thiophene rings is 1. The van der Waals surface area contributed by atoms with Crippen LogP contribution in [-0.4, -0.2) is 131 Å². The standard InChI is InChI=1S/C10H10.C8H10.C6H8O.C6H8S.4C5H7NO.4C5H7NS.C4H7N3.3C4H6N2O.3C4H6N2S.C3H6N4/c1-3-4-10-7-5-9(2)6-8-10;1-7-3-5-8(2)6-4-7;2*1-5-3-4-6(2)7-5;2*1-4-3-7-5(2)6-4;2*1-4-3-6-5(2)7-4;2*1-4-3-7-5(2)6-4;2*1-4-3-6-5(2)7-4;1-3-5-4(2)7-6-3;1-3-5-6-4(2)7-3;2*1-3-5-4(2)7-6-3;1-3-5-6-4(2)7-3;2*1-3-5-4(2)7-6-3;1-3-4-6-7(2)5-3/h5-8H,1-2H3;3-6H,1-2H3;2*3-4H,1-2H3;9*3H,1-2H3;7*1-2H3. The third-order valence-corrected chi connectivity index (χ3v) is 21.8. The first-order valence-corrected chi connectivity index (χ1v) is 51.3. The fourth-order valence-electron chi connectivity index (χ4n) is 9.55. The van der Waals surface area contributed by atoms with Crippen LogP contribution in [0.25, 0.3) is 0 Å². The Bertz CT molecular complexity index is 5010. The lowest BCUT2D eigenvalue weighted by Gasteiger charge is -1.90. The highest BCUT2D eigenvalue weighted by molar-refractivity contribution is 7.12. The molecular formula is C101H141N27O8S8. The molecule has 1 aliphatic heterocycles. The minimum absolute atomic E-state index is 0.0694. The van der Waals surface area contributed by atoms with E-state index >= 15 is 0 Å². The second-order valence-electron chi connectivity index (χ2n) is 30.7. The Hall–Kier alpha value is -13.2. The molecule has 20 rings (SSSR count). The third-order valence-electron chi connectivity index (χ3n) is 15.3. The monoisotopic (exact) mass is 2120 g/mol. The lowest BCUT2D eigenvalue weighted by molar-refractivity contribution is 0.389. The highest BCUT2D eigenvalue weighted by Crippen LogP contribution is 2.15. The smallest absolute Gasteiger partial charge is 0.223 e. The van der Waals surface area contributed by atoms with E-state index in [9.17, 15) is 0 Å². The molecule has 0 saturated heterocycles. The Morgan fingerprint density at radius 3 is 0.847 bits per heavy atom. The van der Waals surface area contributed by atoms with Gasteiger partial charge in [0.1, 0.15) is 73.1 Å². The number of tetrazole rings is 1. The highest BCUT2D eigenvalue weighted by atomic mass is 32.1. The Morgan fingerprint density at radius 2 is 0.722 bits per heavy atom. The second-order valence-corrected chi connectivity index (χ2v) is 40.5. The molecule has 19 aromatic rings. The number of nitrogens with zero attached hydrogens (tertiary/aromatic N) is 27. The quantitative estimate of drug-likeness (QED) is 0.127. The average Bonchev–Trinajstić information content (AvgIpc) is 1.83. The number of amidine groups is 1. The van der Waals surface area contributed by atoms with Gasteiger partial charge in [-0.2, -0.15) is 28.6 Å². The summed E-state index contributed by atoms with van der Waals surface area (Å²) in [6.07, 6.45) is 10.5. The fraction of sp³-hybridized carbons (Fsp3) is 0.406. The van der Waals surface area contributed by atoms with Gasteiger partial charge in [-0.3, -0.25) is 0 Å². The molecule has 35 nitrogen and oxygen atoms in total. The van der Waals surface area contributed by atoms with E-state index in [2.05, 4.69) is 259 Å². The number of hydrogen-bond donors (Lipinski definition) is 0. The summed E-state index contributed by atoms with van der Waals surface area (Å²) in [6.45, 7) is 75.0. The van der Waals surface area contributed by atoms with E-state index in [-0.39, 0.29) is 6.17 Å². The molecule has 0 fully saturated rings. The van der Waals surface area contributed by atoms with Crippen LogP contribution in [0, 0.1) is 261 Å². The fourth-order valence-corrected chi connectivity index (χ4v) is 14.4. The van der Waals surface area contributed by atoms with Gasteiger partial charge in [0.25, 0.3) is 0 Å². The third kappa shape index (κ3) is 71.3. The van der Waals surface area contributed by atoms with Crippen LogP contribution in [0.15, 0.2) is 172 Å². The number of aliphatic imine (C=N–C) groups is 1. The number of thiazole rings is 4. The first kappa shape index (κ1) is 129. The first-order chi connectivity index (χ1) is 67.8. The van der Waals surface area contributed by atoms with Gasteiger partial charge in [0, 0.05) is 115 Å². The zero-order chi connectivity index (χ0) is 108. The summed E-state index contributed by atoms with van der Waals surface area (Å²) in [6, 6.07) is 24.9. The van der Waals surface area contributed by atoms with E-state index in [1.807, 2.05) is 221 Å². The van der Waals surface area contributed by atoms with Crippen LogP contribution in [0.1, 0.15) is 225 Å². The van der Waals surface area contributed by atoms with Gasteiger partial charge in [-0.1, -0.05) is 69.3 Å². The summed E-state index contributed by atoms with van der Waals surface area (Å²) >= 11 is 13.2. The number of azo groups is 1. The largest absolute Gasteiger partial charge is 0.467 e. The number of benzene rings is 2. The summed E-state index contributed by atoms with van der Waals surface area (Å²) in [7, 11) is 1.74. The van der Waals surface area contributed by atoms with Crippen LogP contribution >= 0.6 is 91.1 Å². The van der Waals surface area contributed by atoms with Crippen molar-refractivity contribution < 1.29 is 35.5 Å². The molecule has 0 spiro atoms. The topological polar surface area (TPSA) is 444 Å². The molecular weight excluding hydrogens is 1980 g/mol. The van der Waals surface area contributed by atoms with Gasteiger partial charge in [0.05, 0.1) is 50.9 Å². The lowest BCUT2D eigenvalue weighted by Crippen LogP contribution is -1.91. The predicted octanol–water partition coefficient (Wildman–Crippen LogP) is 27.4. The Kier molecular flexibility index (Phi) is 66.0. The molecule has 0 amide bonds. The Balaban J connectivity index is 0.000000758. The Morgan fingerprint density at radius 1 is 0.319 bits per heavy atom. The molecule has 1 unspecified atom stereocenters. The summed E-state index contributed by atoms with van der Waals surface area (Å²) in [5.41, 5.74) is 9.17. The maximum Gasteiger partial charge on any atom is 0.223 e. The zero-order valence-corrected chi connectivity index (χ0v) is 97.3. The van der Waals surface area contributed by atoms with Crippen molar-refractivity contribution in [2.75, 3.05) is 0 Å². The predicted molar refractivity (Wildman–Crippen MR) is 582 cm³/mol. The molecule has 0 bridgehead atoms. The SMILES string of the molecule is CC#Cc1ccc(C)cc1.CC1=NC(C)N=N1.Cc1ccc(C)cc1.Cc1ccc(C)o1.Cc1ccc(C)s1.Cc1cnc(C)o1.Cc1cnc(C)o1.Cc1cnc(C)s1.Cc1cnc(C)s1.Cc1coc(C)n1.Cc1coc(C)n1.Cc1csc(C)n1.Cc1csc(C)n1.Cc1nnc(C)o1.Cc1nnc(C)s1.Cc1nnn(C)n1.Cc1noc(C)n1.Cc1noc(C)n1.Cc1nsc(C)n1.Cc1nsc(C)n1.